The quantitative estimate of drug-likeness (QED) is 0.492. The minimum atomic E-state index is -0.495. The predicted molar refractivity (Wildman–Crippen MR) is 30.9 cm³/mol. The maximum Gasteiger partial charge on any atom is 0.240 e. The van der Waals surface area contributed by atoms with E-state index in [1.54, 1.807) is 13.8 Å². The first-order valence-corrected chi connectivity index (χ1v) is 2.73. The van der Waals surface area contributed by atoms with Crippen molar-refractivity contribution in [2.24, 2.45) is 0 Å². The second-order valence-electron chi connectivity index (χ2n) is 2.03. The average molecular weight is 130 g/mol. The molecule has 1 aliphatic heterocycles. The van der Waals surface area contributed by atoms with Crippen LogP contribution in [0.2, 0.25) is 0 Å². The third kappa shape index (κ3) is 0.781. The molecule has 0 saturated heterocycles. The summed E-state index contributed by atoms with van der Waals surface area (Å²) in [6.45, 7) is 3.17. The van der Waals surface area contributed by atoms with Gasteiger partial charge in [0.1, 0.15) is 5.76 Å². The molecule has 0 aromatic rings. The summed E-state index contributed by atoms with van der Waals surface area (Å²) >= 11 is 0. The zero-order chi connectivity index (χ0) is 7.02. The lowest BCUT2D eigenvalue weighted by Gasteiger charge is -1.99. The van der Waals surface area contributed by atoms with Crippen LogP contribution in [0.25, 0.3) is 0 Å². The van der Waals surface area contributed by atoms with Gasteiger partial charge in [0.15, 0.2) is 6.10 Å². The van der Waals surface area contributed by atoms with E-state index >= 15 is 0 Å². The van der Waals surface area contributed by atoms with Crippen molar-refractivity contribution in [1.82, 2.24) is 0 Å². The number of ketones is 1. The van der Waals surface area contributed by atoms with Gasteiger partial charge in [-0.25, -0.2) is 0 Å². The molecule has 1 rings (SSSR count). The van der Waals surface area contributed by atoms with Gasteiger partial charge in [-0.15, -0.1) is 0 Å². The smallest absolute Gasteiger partial charge is 0.240 e. The summed E-state index contributed by atoms with van der Waals surface area (Å²) in [5.41, 5.74) is 0. The first-order valence-electron chi connectivity index (χ1n) is 2.73. The lowest BCUT2D eigenvalue weighted by molar-refractivity contribution is -0.122. The van der Waals surface area contributed by atoms with E-state index in [-0.39, 0.29) is 11.5 Å². The van der Waals surface area contributed by atoms with Gasteiger partial charge in [-0.3, -0.25) is 4.79 Å². The highest BCUT2D eigenvalue weighted by atomic mass is 16.6. The predicted octanol–water partition coefficient (Wildman–Crippen LogP) is 0.764. The fourth-order valence-electron chi connectivity index (χ4n) is 0.741. The Labute approximate surface area is 52.9 Å². The van der Waals surface area contributed by atoms with Gasteiger partial charge >= 0.3 is 0 Å². The van der Waals surface area contributed by atoms with Crippen molar-refractivity contribution in [3.05, 3.63) is 11.5 Å². The molecule has 1 atom stereocenters. The fraction of sp³-hybridized carbons (Fsp3) is 0.500. The third-order valence-electron chi connectivity index (χ3n) is 1.29. The molecule has 1 N–H and O–H groups in total. The van der Waals surface area contributed by atoms with Crippen LogP contribution in [0.5, 0.6) is 0 Å². The minimum Gasteiger partial charge on any atom is -0.502 e. The number of allylic oxidation sites excluding steroid dienone is 1. The van der Waals surface area contributed by atoms with Crippen LogP contribution in [0.15, 0.2) is 11.5 Å². The summed E-state index contributed by atoms with van der Waals surface area (Å²) in [7, 11) is 0. The van der Waals surface area contributed by atoms with Crippen molar-refractivity contribution in [3.8, 4) is 0 Å². The van der Waals surface area contributed by atoms with Crippen molar-refractivity contribution in [2.75, 3.05) is 0 Å². The van der Waals surface area contributed by atoms with Gasteiger partial charge in [0.05, 0.1) is 0 Å². The Morgan fingerprint density at radius 3 is 2.33 bits per heavy atom. The number of carbonyl (C=O) groups is 1. The summed E-state index contributed by atoms with van der Waals surface area (Å²) in [6.07, 6.45) is -0.495. The maximum atomic E-state index is 10.7. The van der Waals surface area contributed by atoms with Crippen molar-refractivity contribution in [2.45, 2.75) is 20.0 Å². The molecular weight excluding hydrogens is 122 g/mol. The number of ether oxygens (including phenoxy) is 1. The van der Waals surface area contributed by atoms with Crippen molar-refractivity contribution in [3.63, 3.8) is 0 Å². The molecule has 0 radical (unpaired) electrons. The second kappa shape index (κ2) is 1.76. The molecule has 0 amide bonds. The Balaban J connectivity index is 2.87. The molecule has 3 heteroatoms. The number of carbonyl (C=O) groups excluding carboxylic acids is 1. The molecule has 50 valence electrons. The van der Waals surface area contributed by atoms with Crippen LogP contribution in [0.1, 0.15) is 13.8 Å². The van der Waals surface area contributed by atoms with Crippen LogP contribution in [0.3, 0.4) is 0 Å². The highest BCUT2D eigenvalue weighted by molar-refractivity contribution is 5.98. The van der Waals surface area contributed by atoms with Crippen LogP contribution >= 0.6 is 0 Å². The van der Waals surface area contributed by atoms with Gasteiger partial charge in [-0.2, -0.15) is 0 Å². The van der Waals surface area contributed by atoms with Gasteiger partial charge < -0.3 is 9.84 Å². The van der Waals surface area contributed by atoms with E-state index in [0.717, 1.165) is 0 Å². The molecule has 3 nitrogen and oxygen atoms in total. The van der Waals surface area contributed by atoms with E-state index in [2.05, 4.69) is 0 Å². The number of Topliss-reactive ketones (excluding diaryl/α,β-unsaturated/α-hetero) is 1. The monoisotopic (exact) mass is 130 g/mol. The molecule has 0 spiro atoms. The van der Waals surface area contributed by atoms with E-state index in [1.165, 1.54) is 0 Å². The van der Waals surface area contributed by atoms with Gasteiger partial charge in [0, 0.05) is 0 Å². The Kier molecular flexibility index (Phi) is 1.20. The molecule has 1 heterocycles. The van der Waals surface area contributed by atoms with E-state index < -0.39 is 6.10 Å². The molecule has 1 unspecified atom stereocenters. The number of hydrogen-bond donors (Lipinski definition) is 1. The number of aliphatic hydroxyl groups excluding tert-OH is 1. The SMILES string of the molecule is CC1O[13C]([13CH3])=C(O)C1=O. The molecule has 0 aromatic carbocycles. The van der Waals surface area contributed by atoms with Crippen LogP contribution in [-0.4, -0.2) is 17.0 Å². The fourth-order valence-corrected chi connectivity index (χ4v) is 0.741. The third-order valence-corrected chi connectivity index (χ3v) is 1.29. The van der Waals surface area contributed by atoms with Gasteiger partial charge in [0.2, 0.25) is 11.5 Å². The minimum absolute atomic E-state index is 0.234. The first-order chi connectivity index (χ1) is 4.13. The summed E-state index contributed by atoms with van der Waals surface area (Å²) in [6, 6.07) is 0. The molecule has 0 fully saturated rings. The molecule has 1 aliphatic rings. The zero-order valence-electron chi connectivity index (χ0n) is 5.34. The van der Waals surface area contributed by atoms with Gasteiger partial charge in [-0.1, -0.05) is 0 Å². The van der Waals surface area contributed by atoms with Gasteiger partial charge in [0.25, 0.3) is 0 Å². The highest BCUT2D eigenvalue weighted by Crippen LogP contribution is 2.17. The van der Waals surface area contributed by atoms with E-state index in [4.69, 9.17) is 9.84 Å². The molecule has 9 heavy (non-hydrogen) atoms. The van der Waals surface area contributed by atoms with Crippen molar-refractivity contribution in [1.29, 1.82) is 0 Å². The summed E-state index contributed by atoms with van der Waals surface area (Å²) in [5, 5.41) is 8.84. The number of hydrogen-bond acceptors (Lipinski definition) is 3. The summed E-state index contributed by atoms with van der Waals surface area (Å²) in [4.78, 5) is 10.7. The van der Waals surface area contributed by atoms with Gasteiger partial charge in [-0.05, 0) is 13.8 Å². The van der Waals surface area contributed by atoms with E-state index in [9.17, 15) is 4.79 Å². The van der Waals surface area contributed by atoms with Crippen LogP contribution in [0, 0.1) is 0 Å². The van der Waals surface area contributed by atoms with Crippen LogP contribution in [0.4, 0.5) is 0 Å². The Morgan fingerprint density at radius 1 is 1.67 bits per heavy atom. The van der Waals surface area contributed by atoms with Crippen molar-refractivity contribution < 1.29 is 14.6 Å². The zero-order valence-corrected chi connectivity index (χ0v) is 5.34. The van der Waals surface area contributed by atoms with E-state index in [0.29, 0.717) is 5.76 Å². The summed E-state index contributed by atoms with van der Waals surface area (Å²) in [5.74, 6) is -0.234. The van der Waals surface area contributed by atoms with Crippen LogP contribution < -0.4 is 0 Å². The second-order valence-corrected chi connectivity index (χ2v) is 2.03. The first kappa shape index (κ1) is 6.13. The lowest BCUT2D eigenvalue weighted by atomic mass is 10.3. The Morgan fingerprint density at radius 2 is 2.22 bits per heavy atom. The largest absolute Gasteiger partial charge is 0.502 e. The Bertz CT molecular complexity index is 181. The maximum absolute atomic E-state index is 10.7. The number of aliphatic hydroxyl groups is 1. The molecule has 0 bridgehead atoms. The molecule has 0 saturated carbocycles. The normalized spacial score (nSPS) is 26.9. The lowest BCUT2D eigenvalue weighted by Crippen LogP contribution is -2.12. The molecule has 0 aliphatic carbocycles. The summed E-state index contributed by atoms with van der Waals surface area (Å²) < 4.78 is 4.87. The Hall–Kier alpha value is -0.990. The molecular formula is C6H8O3. The van der Waals surface area contributed by atoms with Crippen LogP contribution in [-0.2, 0) is 9.53 Å². The molecule has 0 aromatic heterocycles. The average Bonchev–Trinajstić information content (AvgIpc) is 1.98. The van der Waals surface area contributed by atoms with E-state index in [1.807, 2.05) is 0 Å². The number of rotatable bonds is 0. The topological polar surface area (TPSA) is 46.5 Å². The van der Waals surface area contributed by atoms with Crippen molar-refractivity contribution >= 4 is 5.78 Å². The highest BCUT2D eigenvalue weighted by Gasteiger charge is 2.28. The standard InChI is InChI=1S/C6H8O3/c1-3-5(7)6(8)4(2)9-3/h3,8H,1-2H3/i2+1,4+1.